The number of benzene rings is 3. The van der Waals surface area contributed by atoms with E-state index in [1.807, 2.05) is 36.2 Å². The molecule has 0 radical (unpaired) electrons. The predicted octanol–water partition coefficient (Wildman–Crippen LogP) is 5.11. The largest absolute Gasteiger partial charge is 0.350 e. The van der Waals surface area contributed by atoms with E-state index in [0.717, 1.165) is 38.8 Å². The number of nitrogens with zero attached hydrogens (tertiary/aromatic N) is 2. The summed E-state index contributed by atoms with van der Waals surface area (Å²) in [4.78, 5) is 16.0. The summed E-state index contributed by atoms with van der Waals surface area (Å²) in [6.07, 6.45) is 2.14. The highest BCUT2D eigenvalue weighted by Gasteiger charge is 2.54. The van der Waals surface area contributed by atoms with Gasteiger partial charge in [0.25, 0.3) is 0 Å². The average molecular weight is 380 g/mol. The Morgan fingerprint density at radius 1 is 0.828 bits per heavy atom. The van der Waals surface area contributed by atoms with Crippen molar-refractivity contribution < 1.29 is 4.79 Å². The van der Waals surface area contributed by atoms with Crippen molar-refractivity contribution in [3.8, 4) is 0 Å². The van der Waals surface area contributed by atoms with Crippen molar-refractivity contribution in [2.75, 3.05) is 11.9 Å². The van der Waals surface area contributed by atoms with Gasteiger partial charge in [0.1, 0.15) is 5.41 Å². The summed E-state index contributed by atoms with van der Waals surface area (Å²) < 4.78 is 2.13. The van der Waals surface area contributed by atoms with E-state index in [1.165, 1.54) is 5.56 Å². The van der Waals surface area contributed by atoms with Gasteiger partial charge in [-0.2, -0.15) is 0 Å². The van der Waals surface area contributed by atoms with Crippen LogP contribution in [0.25, 0.3) is 10.9 Å². The Labute approximate surface area is 171 Å². The quantitative estimate of drug-likeness (QED) is 0.475. The molecule has 4 aromatic rings. The summed E-state index contributed by atoms with van der Waals surface area (Å²) in [6.45, 7) is 4.20. The fraction of sp³-hybridized carbons (Fsp3) is 0.192. The van der Waals surface area contributed by atoms with Crippen molar-refractivity contribution in [2.45, 2.75) is 19.3 Å². The summed E-state index contributed by atoms with van der Waals surface area (Å²) in [7, 11) is 3.95. The zero-order valence-electron chi connectivity index (χ0n) is 17.2. The minimum absolute atomic E-state index is 0.101. The lowest BCUT2D eigenvalue weighted by atomic mass is 9.69. The van der Waals surface area contributed by atoms with E-state index in [4.69, 9.17) is 0 Å². The Hall–Kier alpha value is -3.33. The van der Waals surface area contributed by atoms with Gasteiger partial charge in [0, 0.05) is 42.3 Å². The molecule has 1 aliphatic rings. The normalized spacial score (nSPS) is 18.5. The first-order valence-electron chi connectivity index (χ1n) is 9.96. The number of fused-ring (bicyclic) bond motifs is 2. The van der Waals surface area contributed by atoms with Gasteiger partial charge in [0.05, 0.1) is 5.69 Å². The second kappa shape index (κ2) is 6.08. The molecular weight excluding hydrogens is 356 g/mol. The number of anilines is 1. The molecule has 1 aromatic heterocycles. The number of carbonyl (C=O) groups excluding carboxylic acids is 1. The Morgan fingerprint density at radius 3 is 2.28 bits per heavy atom. The third-order valence-corrected chi connectivity index (χ3v) is 6.32. The molecule has 1 atom stereocenters. The Balaban J connectivity index is 2.00. The van der Waals surface area contributed by atoms with E-state index in [-0.39, 0.29) is 5.91 Å². The van der Waals surface area contributed by atoms with E-state index < -0.39 is 5.41 Å². The van der Waals surface area contributed by atoms with Gasteiger partial charge in [-0.25, -0.2) is 0 Å². The maximum absolute atomic E-state index is 14.1. The van der Waals surface area contributed by atoms with Crippen LogP contribution in [-0.4, -0.2) is 17.5 Å². The predicted molar refractivity (Wildman–Crippen MR) is 119 cm³/mol. The zero-order chi connectivity index (χ0) is 20.3. The SMILES string of the molecule is Cc1cc(C)c2c(c1)C(c1ccccc1)(c1cn(C)c3ccccc13)C(=O)N2C. The van der Waals surface area contributed by atoms with Crippen LogP contribution >= 0.6 is 0 Å². The summed E-state index contributed by atoms with van der Waals surface area (Å²) in [5.74, 6) is 0.101. The van der Waals surface area contributed by atoms with Crippen molar-refractivity contribution in [1.29, 1.82) is 0 Å². The fourth-order valence-corrected chi connectivity index (χ4v) is 5.18. The van der Waals surface area contributed by atoms with E-state index >= 15 is 0 Å². The van der Waals surface area contributed by atoms with Crippen LogP contribution < -0.4 is 4.90 Å². The summed E-state index contributed by atoms with van der Waals surface area (Å²) in [5, 5.41) is 1.12. The molecule has 3 nitrogen and oxygen atoms in total. The minimum atomic E-state index is -0.858. The lowest BCUT2D eigenvalue weighted by Crippen LogP contribution is -2.40. The van der Waals surface area contributed by atoms with Crippen LogP contribution in [-0.2, 0) is 17.3 Å². The Morgan fingerprint density at radius 2 is 1.52 bits per heavy atom. The number of amides is 1. The monoisotopic (exact) mass is 380 g/mol. The molecule has 0 spiro atoms. The van der Waals surface area contributed by atoms with Crippen LogP contribution in [0.15, 0.2) is 72.9 Å². The number of likely N-dealkylation sites (N-methyl/N-ethyl adjacent to an activating group) is 1. The first-order chi connectivity index (χ1) is 14.0. The summed E-state index contributed by atoms with van der Waals surface area (Å²) >= 11 is 0. The molecule has 0 saturated heterocycles. The number of para-hydroxylation sites is 1. The lowest BCUT2D eigenvalue weighted by Gasteiger charge is -2.29. The number of hydrogen-bond donors (Lipinski definition) is 0. The van der Waals surface area contributed by atoms with Crippen LogP contribution in [0.2, 0.25) is 0 Å². The second-order valence-corrected chi connectivity index (χ2v) is 8.13. The molecule has 0 fully saturated rings. The van der Waals surface area contributed by atoms with Crippen LogP contribution in [0.1, 0.15) is 27.8 Å². The molecule has 1 unspecified atom stereocenters. The van der Waals surface area contributed by atoms with Crippen molar-refractivity contribution in [2.24, 2.45) is 7.05 Å². The average Bonchev–Trinajstić information content (AvgIpc) is 3.16. The molecule has 5 rings (SSSR count). The highest BCUT2D eigenvalue weighted by Crippen LogP contribution is 2.53. The molecule has 3 heteroatoms. The van der Waals surface area contributed by atoms with E-state index in [2.05, 4.69) is 74.1 Å². The topological polar surface area (TPSA) is 25.2 Å². The van der Waals surface area contributed by atoms with Gasteiger partial charge in [-0.3, -0.25) is 4.79 Å². The second-order valence-electron chi connectivity index (χ2n) is 8.13. The Kier molecular flexibility index (Phi) is 3.72. The minimum Gasteiger partial charge on any atom is -0.350 e. The van der Waals surface area contributed by atoms with Crippen molar-refractivity contribution in [1.82, 2.24) is 4.57 Å². The number of carbonyl (C=O) groups is 1. The van der Waals surface area contributed by atoms with Crippen LogP contribution in [0, 0.1) is 13.8 Å². The third-order valence-electron chi connectivity index (χ3n) is 6.32. The molecule has 0 saturated carbocycles. The summed E-state index contributed by atoms with van der Waals surface area (Å²) in [5.41, 5.74) is 6.73. The number of rotatable bonds is 2. The molecule has 2 heterocycles. The van der Waals surface area contributed by atoms with Gasteiger partial charge in [-0.15, -0.1) is 0 Å². The molecule has 0 aliphatic carbocycles. The van der Waals surface area contributed by atoms with Crippen molar-refractivity contribution in [3.05, 3.63) is 101 Å². The third kappa shape index (κ3) is 2.21. The van der Waals surface area contributed by atoms with Gasteiger partial charge in [0.2, 0.25) is 5.91 Å². The summed E-state index contributed by atoms with van der Waals surface area (Å²) in [6, 6.07) is 22.9. The first kappa shape index (κ1) is 17.7. The Bertz CT molecular complexity index is 1270. The van der Waals surface area contributed by atoms with Gasteiger partial charge in [-0.1, -0.05) is 66.2 Å². The molecule has 3 aromatic carbocycles. The maximum atomic E-state index is 14.1. The number of aryl methyl sites for hydroxylation is 3. The smallest absolute Gasteiger partial charge is 0.246 e. The molecule has 29 heavy (non-hydrogen) atoms. The van der Waals surface area contributed by atoms with E-state index in [0.29, 0.717) is 0 Å². The molecule has 1 amide bonds. The lowest BCUT2D eigenvalue weighted by molar-refractivity contribution is -0.120. The van der Waals surface area contributed by atoms with Crippen LogP contribution in [0.3, 0.4) is 0 Å². The van der Waals surface area contributed by atoms with Crippen molar-refractivity contribution in [3.63, 3.8) is 0 Å². The molecule has 144 valence electrons. The number of aromatic nitrogens is 1. The highest BCUT2D eigenvalue weighted by molar-refractivity contribution is 6.15. The van der Waals surface area contributed by atoms with E-state index in [9.17, 15) is 4.79 Å². The fourth-order valence-electron chi connectivity index (χ4n) is 5.18. The highest BCUT2D eigenvalue weighted by atomic mass is 16.2. The standard InChI is InChI=1S/C26H24N2O/c1-17-14-18(2)24-21(15-17)26(25(29)28(24)4,19-10-6-5-7-11-19)22-16-27(3)23-13-9-8-12-20(22)23/h5-16H,1-4H3. The maximum Gasteiger partial charge on any atom is 0.246 e. The van der Waals surface area contributed by atoms with Crippen LogP contribution in [0.5, 0.6) is 0 Å². The molecule has 0 bridgehead atoms. The number of hydrogen-bond acceptors (Lipinski definition) is 1. The van der Waals surface area contributed by atoms with Gasteiger partial charge < -0.3 is 9.47 Å². The molecular formula is C26H24N2O. The van der Waals surface area contributed by atoms with Gasteiger partial charge in [0.15, 0.2) is 0 Å². The van der Waals surface area contributed by atoms with Crippen LogP contribution in [0.4, 0.5) is 5.69 Å². The molecule has 0 N–H and O–H groups in total. The van der Waals surface area contributed by atoms with Gasteiger partial charge in [-0.05, 0) is 31.0 Å². The first-order valence-corrected chi connectivity index (χ1v) is 9.96. The zero-order valence-corrected chi connectivity index (χ0v) is 17.2. The van der Waals surface area contributed by atoms with Gasteiger partial charge >= 0.3 is 0 Å². The van der Waals surface area contributed by atoms with Crippen molar-refractivity contribution >= 4 is 22.5 Å². The van der Waals surface area contributed by atoms with E-state index in [1.54, 1.807) is 0 Å². The molecule has 1 aliphatic heterocycles.